The fourth-order valence-electron chi connectivity index (χ4n) is 1.11. The minimum atomic E-state index is -0.536. The van der Waals surface area contributed by atoms with E-state index in [0.717, 1.165) is 0 Å². The molecule has 0 aromatic rings. The van der Waals surface area contributed by atoms with Gasteiger partial charge >= 0.3 is 5.97 Å². The third-order valence-electron chi connectivity index (χ3n) is 1.75. The first-order valence-corrected chi connectivity index (χ1v) is 3.56. The van der Waals surface area contributed by atoms with E-state index in [2.05, 4.69) is 0 Å². The van der Waals surface area contributed by atoms with E-state index in [1.165, 1.54) is 0 Å². The molecule has 0 unspecified atom stereocenters. The van der Waals surface area contributed by atoms with Gasteiger partial charge in [0.05, 0.1) is 24.6 Å². The lowest BCUT2D eigenvalue weighted by atomic mass is 10.00. The number of ether oxygens (including phenoxy) is 1. The topological polar surface area (TPSA) is 76.1 Å². The molecule has 0 spiro atoms. The molecule has 0 radical (unpaired) electrons. The van der Waals surface area contributed by atoms with Crippen LogP contribution >= 0.6 is 0 Å². The lowest BCUT2D eigenvalue weighted by Crippen LogP contribution is -2.23. The Hall–Kier alpha value is -1.08. The number of rotatable bonds is 2. The van der Waals surface area contributed by atoms with Crippen molar-refractivity contribution in [1.82, 2.24) is 0 Å². The van der Waals surface area contributed by atoms with Crippen molar-refractivity contribution in [3.05, 3.63) is 0 Å². The number of nitrogens with two attached hydrogens (primary N) is 1. The second kappa shape index (κ2) is 3.35. The van der Waals surface area contributed by atoms with Gasteiger partial charge in [-0.25, -0.2) is 0 Å². The molecule has 4 heteroatoms. The molecule has 1 aliphatic heterocycles. The largest absolute Gasteiger partial charge is 0.465 e. The number of esters is 1. The van der Waals surface area contributed by atoms with Crippen LogP contribution in [0.15, 0.2) is 0 Å². The minimum absolute atomic E-state index is 0.148. The summed E-state index contributed by atoms with van der Waals surface area (Å²) in [6.07, 6.45) is 1.13. The molecule has 0 bridgehead atoms. The molecule has 2 atom stereocenters. The van der Waals surface area contributed by atoms with Crippen LogP contribution in [0.3, 0.4) is 0 Å². The quantitative estimate of drug-likeness (QED) is 0.558. The smallest absolute Gasteiger partial charge is 0.309 e. The molecule has 0 aliphatic carbocycles. The molecule has 1 saturated heterocycles. The molecule has 2 N–H and O–H groups in total. The number of carbonyl (C=O) groups excluding carboxylic acids is 1. The maximum absolute atomic E-state index is 10.8. The zero-order chi connectivity index (χ0) is 8.27. The van der Waals surface area contributed by atoms with Crippen molar-refractivity contribution in [2.75, 3.05) is 6.61 Å². The number of nitrogens with zero attached hydrogens (tertiary/aromatic N) is 1. The van der Waals surface area contributed by atoms with Gasteiger partial charge in [0.2, 0.25) is 0 Å². The Morgan fingerprint density at radius 2 is 2.64 bits per heavy atom. The second-order valence-corrected chi connectivity index (χ2v) is 2.62. The summed E-state index contributed by atoms with van der Waals surface area (Å²) >= 11 is 0. The normalized spacial score (nSPS) is 25.8. The predicted molar refractivity (Wildman–Crippen MR) is 37.3 cm³/mol. The Labute approximate surface area is 64.9 Å². The Bertz CT molecular complexity index is 197. The van der Waals surface area contributed by atoms with Gasteiger partial charge in [-0.2, -0.15) is 5.26 Å². The lowest BCUT2D eigenvalue weighted by Gasteiger charge is -2.05. The van der Waals surface area contributed by atoms with Crippen LogP contribution in [0.5, 0.6) is 0 Å². The molecule has 11 heavy (non-hydrogen) atoms. The lowest BCUT2D eigenvalue weighted by molar-refractivity contribution is -0.141. The summed E-state index contributed by atoms with van der Waals surface area (Å²) < 4.78 is 4.71. The van der Waals surface area contributed by atoms with Gasteiger partial charge in [0.1, 0.15) is 0 Å². The van der Waals surface area contributed by atoms with Crippen molar-refractivity contribution in [2.45, 2.75) is 18.9 Å². The molecule has 1 aliphatic rings. The van der Waals surface area contributed by atoms with E-state index in [-0.39, 0.29) is 11.9 Å². The first-order valence-electron chi connectivity index (χ1n) is 3.56. The zero-order valence-corrected chi connectivity index (χ0v) is 6.12. The Balaban J connectivity index is 2.38. The number of hydrogen-bond donors (Lipinski definition) is 1. The van der Waals surface area contributed by atoms with Crippen molar-refractivity contribution >= 4 is 5.97 Å². The molecule has 0 aromatic heterocycles. The monoisotopic (exact) mass is 154 g/mol. The molecule has 60 valence electrons. The summed E-state index contributed by atoms with van der Waals surface area (Å²) in [5.41, 5.74) is 5.35. The molecule has 4 nitrogen and oxygen atoms in total. The molecule has 0 aromatic carbocycles. The van der Waals surface area contributed by atoms with Gasteiger partial charge in [0, 0.05) is 0 Å². The van der Waals surface area contributed by atoms with Crippen molar-refractivity contribution in [2.24, 2.45) is 11.7 Å². The average Bonchev–Trinajstić information content (AvgIpc) is 2.37. The van der Waals surface area contributed by atoms with Crippen molar-refractivity contribution in [3.63, 3.8) is 0 Å². The fraction of sp³-hybridized carbons (Fsp3) is 0.714. The van der Waals surface area contributed by atoms with Crippen LogP contribution in [0.1, 0.15) is 12.8 Å². The summed E-state index contributed by atoms with van der Waals surface area (Å²) in [4.78, 5) is 10.8. The standard InChI is InChI=1S/C7H10N2O2/c8-4-6(9)3-5-1-2-11-7(5)10/h5-6H,1-3,9H2/t5-,6-/m0/s1. The van der Waals surface area contributed by atoms with Crippen LogP contribution in [0.2, 0.25) is 0 Å². The Morgan fingerprint density at radius 1 is 1.91 bits per heavy atom. The Morgan fingerprint density at radius 3 is 3.09 bits per heavy atom. The zero-order valence-electron chi connectivity index (χ0n) is 6.12. The fourth-order valence-corrected chi connectivity index (χ4v) is 1.11. The third kappa shape index (κ3) is 1.92. The highest BCUT2D eigenvalue weighted by Gasteiger charge is 2.27. The summed E-state index contributed by atoms with van der Waals surface area (Å²) in [6, 6.07) is 1.35. The molecular weight excluding hydrogens is 144 g/mol. The maximum atomic E-state index is 10.8. The number of nitriles is 1. The van der Waals surface area contributed by atoms with Gasteiger partial charge in [-0.15, -0.1) is 0 Å². The van der Waals surface area contributed by atoms with E-state index in [0.29, 0.717) is 19.4 Å². The first kappa shape index (κ1) is 8.02. The van der Waals surface area contributed by atoms with Gasteiger partial charge in [0.15, 0.2) is 0 Å². The number of hydrogen-bond acceptors (Lipinski definition) is 4. The van der Waals surface area contributed by atoms with E-state index < -0.39 is 6.04 Å². The summed E-state index contributed by atoms with van der Waals surface area (Å²) in [7, 11) is 0. The maximum Gasteiger partial charge on any atom is 0.309 e. The van der Waals surface area contributed by atoms with Crippen LogP contribution < -0.4 is 5.73 Å². The molecule has 1 rings (SSSR count). The molecular formula is C7H10N2O2. The van der Waals surface area contributed by atoms with Gasteiger partial charge in [-0.05, 0) is 12.8 Å². The van der Waals surface area contributed by atoms with Crippen LogP contribution in [0.4, 0.5) is 0 Å². The number of carbonyl (C=O) groups is 1. The van der Waals surface area contributed by atoms with Crippen molar-refractivity contribution < 1.29 is 9.53 Å². The van der Waals surface area contributed by atoms with E-state index in [1.807, 2.05) is 6.07 Å². The first-order chi connectivity index (χ1) is 5.24. The Kier molecular flexibility index (Phi) is 2.44. The SMILES string of the molecule is N#C[C@@H](N)C[C@@H]1CCOC1=O. The van der Waals surface area contributed by atoms with E-state index in [1.54, 1.807) is 0 Å². The number of cyclic esters (lactones) is 1. The van der Waals surface area contributed by atoms with E-state index in [4.69, 9.17) is 15.7 Å². The van der Waals surface area contributed by atoms with Gasteiger partial charge in [-0.3, -0.25) is 4.79 Å². The average molecular weight is 154 g/mol. The van der Waals surface area contributed by atoms with Crippen molar-refractivity contribution in [3.8, 4) is 6.07 Å². The molecule has 0 amide bonds. The van der Waals surface area contributed by atoms with Crippen LogP contribution in [0.25, 0.3) is 0 Å². The van der Waals surface area contributed by atoms with E-state index in [9.17, 15) is 4.79 Å². The highest BCUT2D eigenvalue weighted by molar-refractivity contribution is 5.74. The van der Waals surface area contributed by atoms with Crippen molar-refractivity contribution in [1.29, 1.82) is 5.26 Å². The summed E-state index contributed by atoms with van der Waals surface area (Å²) in [6.45, 7) is 0.474. The third-order valence-corrected chi connectivity index (χ3v) is 1.75. The van der Waals surface area contributed by atoms with Gasteiger partial charge in [-0.1, -0.05) is 0 Å². The van der Waals surface area contributed by atoms with Crippen LogP contribution in [-0.2, 0) is 9.53 Å². The molecule has 1 heterocycles. The highest BCUT2D eigenvalue weighted by atomic mass is 16.5. The molecule has 0 saturated carbocycles. The molecule has 1 fully saturated rings. The minimum Gasteiger partial charge on any atom is -0.465 e. The second-order valence-electron chi connectivity index (χ2n) is 2.62. The van der Waals surface area contributed by atoms with Gasteiger partial charge in [0.25, 0.3) is 0 Å². The predicted octanol–water partition coefficient (Wildman–Crippen LogP) is -0.210. The van der Waals surface area contributed by atoms with Crippen LogP contribution in [0, 0.1) is 17.2 Å². The van der Waals surface area contributed by atoms with Gasteiger partial charge < -0.3 is 10.5 Å². The summed E-state index contributed by atoms with van der Waals surface area (Å²) in [5.74, 6) is -0.361. The van der Waals surface area contributed by atoms with Crippen LogP contribution in [-0.4, -0.2) is 18.6 Å². The highest BCUT2D eigenvalue weighted by Crippen LogP contribution is 2.18. The van der Waals surface area contributed by atoms with E-state index >= 15 is 0 Å². The summed E-state index contributed by atoms with van der Waals surface area (Å²) in [5, 5.41) is 8.35.